The highest BCUT2D eigenvalue weighted by Crippen LogP contribution is 2.22. The molecule has 1 N–H and O–H groups in total. The Hall–Kier alpha value is -1.09. The van der Waals surface area contributed by atoms with Crippen LogP contribution in [0.4, 0.5) is 5.69 Å². The van der Waals surface area contributed by atoms with Crippen LogP contribution in [0.1, 0.15) is 43.7 Å². The highest BCUT2D eigenvalue weighted by Gasteiger charge is 2.23. The summed E-state index contributed by atoms with van der Waals surface area (Å²) in [6.45, 7) is 7.58. The van der Waals surface area contributed by atoms with E-state index in [-0.39, 0.29) is 0 Å². The first-order valence-corrected chi connectivity index (χ1v) is 7.67. The number of anilines is 1. The average molecular weight is 276 g/mol. The van der Waals surface area contributed by atoms with Crippen LogP contribution in [-0.2, 0) is 0 Å². The molecule has 0 saturated carbocycles. The summed E-state index contributed by atoms with van der Waals surface area (Å²) in [7, 11) is 0. The molecule has 1 aliphatic rings. The lowest BCUT2D eigenvalue weighted by atomic mass is 10.0. The maximum atomic E-state index is 5.62. The number of nitrogens with one attached hydrogen (secondary N) is 1. The van der Waals surface area contributed by atoms with E-state index < -0.39 is 0 Å². The monoisotopic (exact) mass is 276 g/mol. The molecule has 1 aromatic carbocycles. The topological polar surface area (TPSA) is 15.3 Å². The number of aryl methyl sites for hydroxylation is 2. The molecule has 1 atom stereocenters. The van der Waals surface area contributed by atoms with Crippen LogP contribution >= 0.6 is 12.2 Å². The number of thiocarbonyl (C=S) groups is 1. The second kappa shape index (κ2) is 6.38. The van der Waals surface area contributed by atoms with E-state index in [1.165, 1.54) is 36.8 Å². The Labute approximate surface area is 122 Å². The fraction of sp³-hybridized carbons (Fsp3) is 0.562. The Morgan fingerprint density at radius 2 is 2.16 bits per heavy atom. The lowest BCUT2D eigenvalue weighted by Crippen LogP contribution is -2.45. The summed E-state index contributed by atoms with van der Waals surface area (Å²) in [5.41, 5.74) is 3.66. The first kappa shape index (κ1) is 14.3. The van der Waals surface area contributed by atoms with E-state index in [0.29, 0.717) is 6.04 Å². The molecular weight excluding hydrogens is 252 g/mol. The third-order valence-corrected chi connectivity index (χ3v) is 4.33. The van der Waals surface area contributed by atoms with Gasteiger partial charge in [-0.2, -0.15) is 0 Å². The van der Waals surface area contributed by atoms with Crippen molar-refractivity contribution in [1.29, 1.82) is 0 Å². The van der Waals surface area contributed by atoms with Gasteiger partial charge in [-0.3, -0.25) is 0 Å². The molecule has 0 radical (unpaired) electrons. The predicted octanol–water partition coefficient (Wildman–Crippen LogP) is 4.26. The first-order chi connectivity index (χ1) is 9.11. The standard InChI is InChI=1S/C16H24N2S/c1-4-14-7-5-6-10-18(14)16(19)17-15-11-12(2)8-9-13(15)3/h8-9,11,14H,4-7,10H2,1-3H3,(H,17,19). The quantitative estimate of drug-likeness (QED) is 0.812. The number of piperidine rings is 1. The number of rotatable bonds is 2. The van der Waals surface area contributed by atoms with Crippen LogP contribution in [0.3, 0.4) is 0 Å². The molecule has 104 valence electrons. The molecule has 1 fully saturated rings. The van der Waals surface area contributed by atoms with Crippen molar-refractivity contribution in [3.8, 4) is 0 Å². The van der Waals surface area contributed by atoms with Crippen molar-refractivity contribution in [3.05, 3.63) is 29.3 Å². The first-order valence-electron chi connectivity index (χ1n) is 7.26. The largest absolute Gasteiger partial charge is 0.346 e. The van der Waals surface area contributed by atoms with Gasteiger partial charge in [0.2, 0.25) is 0 Å². The summed E-state index contributed by atoms with van der Waals surface area (Å²) in [6.07, 6.45) is 5.03. The summed E-state index contributed by atoms with van der Waals surface area (Å²) in [5.74, 6) is 0. The van der Waals surface area contributed by atoms with E-state index in [2.05, 4.69) is 49.2 Å². The van der Waals surface area contributed by atoms with Gasteiger partial charge >= 0.3 is 0 Å². The molecule has 1 heterocycles. The molecule has 1 aliphatic heterocycles. The molecule has 2 rings (SSSR count). The van der Waals surface area contributed by atoms with Crippen molar-refractivity contribution in [2.75, 3.05) is 11.9 Å². The van der Waals surface area contributed by atoms with Crippen molar-refractivity contribution < 1.29 is 0 Å². The van der Waals surface area contributed by atoms with Crippen LogP contribution in [0.2, 0.25) is 0 Å². The Kier molecular flexibility index (Phi) is 4.81. The number of likely N-dealkylation sites (tertiary alicyclic amines) is 1. The second-order valence-electron chi connectivity index (χ2n) is 5.50. The Morgan fingerprint density at radius 3 is 2.89 bits per heavy atom. The molecule has 3 heteroatoms. The van der Waals surface area contributed by atoms with E-state index in [9.17, 15) is 0 Å². The van der Waals surface area contributed by atoms with Gasteiger partial charge in [-0.05, 0) is 68.9 Å². The summed E-state index contributed by atoms with van der Waals surface area (Å²) in [5, 5.41) is 4.33. The average Bonchev–Trinajstić information content (AvgIpc) is 2.42. The van der Waals surface area contributed by atoms with Crippen molar-refractivity contribution in [2.24, 2.45) is 0 Å². The smallest absolute Gasteiger partial charge is 0.173 e. The van der Waals surface area contributed by atoms with Crippen LogP contribution in [0.15, 0.2) is 18.2 Å². The van der Waals surface area contributed by atoms with Gasteiger partial charge in [0.05, 0.1) is 0 Å². The maximum Gasteiger partial charge on any atom is 0.173 e. The minimum atomic E-state index is 0.610. The number of nitrogens with zero attached hydrogens (tertiary/aromatic N) is 1. The zero-order valence-corrected chi connectivity index (χ0v) is 13.0. The van der Waals surface area contributed by atoms with Crippen molar-refractivity contribution in [3.63, 3.8) is 0 Å². The van der Waals surface area contributed by atoms with Crippen molar-refractivity contribution in [1.82, 2.24) is 4.90 Å². The zero-order valence-electron chi connectivity index (χ0n) is 12.2. The number of hydrogen-bond donors (Lipinski definition) is 1. The van der Waals surface area contributed by atoms with Gasteiger partial charge in [0, 0.05) is 18.3 Å². The SMILES string of the molecule is CCC1CCCCN1C(=S)Nc1cc(C)ccc1C. The number of hydrogen-bond acceptors (Lipinski definition) is 1. The predicted molar refractivity (Wildman–Crippen MR) is 86.8 cm³/mol. The Balaban J connectivity index is 2.09. The molecule has 0 spiro atoms. The van der Waals surface area contributed by atoms with Crippen LogP contribution < -0.4 is 5.32 Å². The highest BCUT2D eigenvalue weighted by molar-refractivity contribution is 7.80. The van der Waals surface area contributed by atoms with Gasteiger partial charge < -0.3 is 10.2 Å². The fourth-order valence-corrected chi connectivity index (χ4v) is 3.10. The van der Waals surface area contributed by atoms with Crippen LogP contribution in [0.5, 0.6) is 0 Å². The van der Waals surface area contributed by atoms with Gasteiger partial charge in [-0.15, -0.1) is 0 Å². The molecular formula is C16H24N2S. The van der Waals surface area contributed by atoms with Crippen LogP contribution in [0, 0.1) is 13.8 Å². The second-order valence-corrected chi connectivity index (χ2v) is 5.89. The fourth-order valence-electron chi connectivity index (χ4n) is 2.75. The van der Waals surface area contributed by atoms with E-state index in [1.807, 2.05) is 0 Å². The summed E-state index contributed by atoms with van der Waals surface area (Å²) >= 11 is 5.62. The normalized spacial score (nSPS) is 19.3. The molecule has 1 saturated heterocycles. The lowest BCUT2D eigenvalue weighted by molar-refractivity contribution is 0.239. The van der Waals surface area contributed by atoms with Crippen LogP contribution in [0.25, 0.3) is 0 Å². The molecule has 19 heavy (non-hydrogen) atoms. The minimum Gasteiger partial charge on any atom is -0.346 e. The molecule has 0 aliphatic carbocycles. The highest BCUT2D eigenvalue weighted by atomic mass is 32.1. The van der Waals surface area contributed by atoms with E-state index in [4.69, 9.17) is 12.2 Å². The van der Waals surface area contributed by atoms with Gasteiger partial charge in [-0.25, -0.2) is 0 Å². The molecule has 0 aromatic heterocycles. The summed E-state index contributed by atoms with van der Waals surface area (Å²) in [4.78, 5) is 2.38. The van der Waals surface area contributed by atoms with Crippen molar-refractivity contribution in [2.45, 2.75) is 52.5 Å². The Bertz CT molecular complexity index is 456. The van der Waals surface area contributed by atoms with Crippen LogP contribution in [-0.4, -0.2) is 22.6 Å². The zero-order chi connectivity index (χ0) is 13.8. The van der Waals surface area contributed by atoms with Crippen molar-refractivity contribution >= 4 is 23.0 Å². The van der Waals surface area contributed by atoms with Gasteiger partial charge in [0.1, 0.15) is 0 Å². The molecule has 0 amide bonds. The maximum absolute atomic E-state index is 5.62. The summed E-state index contributed by atoms with van der Waals surface area (Å²) in [6, 6.07) is 7.07. The molecule has 1 unspecified atom stereocenters. The van der Waals surface area contributed by atoms with E-state index in [0.717, 1.165) is 17.3 Å². The Morgan fingerprint density at radius 1 is 1.37 bits per heavy atom. The molecule has 2 nitrogen and oxygen atoms in total. The number of benzene rings is 1. The van der Waals surface area contributed by atoms with E-state index in [1.54, 1.807) is 0 Å². The van der Waals surface area contributed by atoms with Gasteiger partial charge in [-0.1, -0.05) is 19.1 Å². The lowest BCUT2D eigenvalue weighted by Gasteiger charge is -2.37. The summed E-state index contributed by atoms with van der Waals surface area (Å²) < 4.78 is 0. The molecule has 0 bridgehead atoms. The molecule has 1 aromatic rings. The third kappa shape index (κ3) is 3.47. The van der Waals surface area contributed by atoms with Gasteiger partial charge in [0.15, 0.2) is 5.11 Å². The minimum absolute atomic E-state index is 0.610. The third-order valence-electron chi connectivity index (χ3n) is 3.99. The van der Waals surface area contributed by atoms with E-state index >= 15 is 0 Å². The van der Waals surface area contributed by atoms with Gasteiger partial charge in [0.25, 0.3) is 0 Å².